The average molecular weight is 289 g/mol. The Bertz CT molecular complexity index is 430. The smallest absolute Gasteiger partial charge is 0.226 e. The van der Waals surface area contributed by atoms with E-state index in [2.05, 4.69) is 0 Å². The zero-order valence-electron chi connectivity index (χ0n) is 9.83. The monoisotopic (exact) mass is 288 g/mol. The molecule has 1 fully saturated rings. The molecule has 0 unspecified atom stereocenters. The third kappa shape index (κ3) is 4.48. The van der Waals surface area contributed by atoms with Crippen molar-refractivity contribution in [2.45, 2.75) is 25.4 Å². The van der Waals surface area contributed by atoms with Crippen LogP contribution in [0.15, 0.2) is 18.2 Å². The number of hydrogen-bond acceptors (Lipinski definition) is 3. The molecule has 0 amide bonds. The first-order valence-corrected chi connectivity index (χ1v) is 6.62. The second-order valence-corrected chi connectivity index (χ2v) is 5.06. The van der Waals surface area contributed by atoms with Gasteiger partial charge in [-0.05, 0) is 36.6 Å². The Hall–Kier alpha value is -0.770. The Morgan fingerprint density at radius 2 is 2.11 bits per heavy atom. The topological polar surface area (TPSA) is 35.5 Å². The molecule has 0 spiro atoms. The van der Waals surface area contributed by atoms with Gasteiger partial charge in [-0.3, -0.25) is 4.79 Å². The molecule has 0 aliphatic heterocycles. The van der Waals surface area contributed by atoms with Gasteiger partial charge in [0.15, 0.2) is 0 Å². The summed E-state index contributed by atoms with van der Waals surface area (Å²) in [5, 5.41) is 0.148. The van der Waals surface area contributed by atoms with Crippen LogP contribution in [0.5, 0.6) is 5.75 Å². The summed E-state index contributed by atoms with van der Waals surface area (Å²) in [6.45, 7) is 0.992. The molecule has 1 aliphatic carbocycles. The molecule has 98 valence electrons. The van der Waals surface area contributed by atoms with Gasteiger partial charge in [0.05, 0.1) is 19.1 Å². The lowest BCUT2D eigenvalue weighted by molar-refractivity contribution is -0.111. The van der Waals surface area contributed by atoms with Crippen molar-refractivity contribution >= 4 is 28.4 Å². The van der Waals surface area contributed by atoms with Crippen molar-refractivity contribution in [2.24, 2.45) is 0 Å². The lowest BCUT2D eigenvalue weighted by atomic mass is 10.1. The lowest BCUT2D eigenvalue weighted by Gasteiger charge is -2.11. The maximum atomic E-state index is 10.9. The molecule has 2 rings (SSSR count). The molecule has 1 saturated carbocycles. The maximum absolute atomic E-state index is 10.9. The van der Waals surface area contributed by atoms with E-state index in [0.717, 1.165) is 18.4 Å². The second-order valence-electron chi connectivity index (χ2n) is 4.20. The Balaban J connectivity index is 1.90. The number of halogens is 2. The molecule has 1 aromatic carbocycles. The van der Waals surface area contributed by atoms with Gasteiger partial charge in [0, 0.05) is 10.6 Å². The molecule has 0 N–H and O–H groups in total. The fraction of sp³-hybridized carbons (Fsp3) is 0.462. The molecular formula is C13H14Cl2O3. The van der Waals surface area contributed by atoms with Crippen molar-refractivity contribution < 1.29 is 14.3 Å². The Labute approximate surface area is 116 Å². The summed E-state index contributed by atoms with van der Waals surface area (Å²) in [6.07, 6.45) is 2.83. The number of hydrogen-bond donors (Lipinski definition) is 0. The van der Waals surface area contributed by atoms with Crippen LogP contribution >= 0.6 is 23.2 Å². The van der Waals surface area contributed by atoms with Crippen LogP contribution in [-0.4, -0.2) is 24.6 Å². The van der Waals surface area contributed by atoms with E-state index in [0.29, 0.717) is 30.1 Å². The molecule has 0 atom stereocenters. The van der Waals surface area contributed by atoms with Crippen LogP contribution in [0.3, 0.4) is 0 Å². The van der Waals surface area contributed by atoms with E-state index in [4.69, 9.17) is 32.7 Å². The highest BCUT2D eigenvalue weighted by Crippen LogP contribution is 2.25. The quantitative estimate of drug-likeness (QED) is 0.571. The van der Waals surface area contributed by atoms with Gasteiger partial charge < -0.3 is 9.47 Å². The van der Waals surface area contributed by atoms with Gasteiger partial charge in [-0.2, -0.15) is 0 Å². The van der Waals surface area contributed by atoms with E-state index in [1.807, 2.05) is 0 Å². The van der Waals surface area contributed by atoms with E-state index < -0.39 is 5.24 Å². The average Bonchev–Trinajstić information content (AvgIpc) is 3.11. The normalized spacial score (nSPS) is 14.6. The third-order valence-corrected chi connectivity index (χ3v) is 2.95. The predicted molar refractivity (Wildman–Crippen MR) is 70.5 cm³/mol. The van der Waals surface area contributed by atoms with Gasteiger partial charge >= 0.3 is 0 Å². The molecule has 0 saturated heterocycles. The third-order valence-electron chi connectivity index (χ3n) is 2.58. The number of benzene rings is 1. The molecule has 1 aromatic rings. The fourth-order valence-electron chi connectivity index (χ4n) is 1.56. The van der Waals surface area contributed by atoms with Crippen molar-refractivity contribution in [2.75, 3.05) is 13.2 Å². The lowest BCUT2D eigenvalue weighted by Crippen LogP contribution is -2.09. The molecule has 0 heterocycles. The molecular weight excluding hydrogens is 275 g/mol. The van der Waals surface area contributed by atoms with Crippen LogP contribution in [0.1, 0.15) is 18.4 Å². The summed E-state index contributed by atoms with van der Waals surface area (Å²) in [5.74, 6) is 0.593. The summed E-state index contributed by atoms with van der Waals surface area (Å²) in [6, 6.07) is 5.15. The minimum Gasteiger partial charge on any atom is -0.491 e. The van der Waals surface area contributed by atoms with E-state index in [1.165, 1.54) is 0 Å². The van der Waals surface area contributed by atoms with Crippen LogP contribution in [0.25, 0.3) is 0 Å². The van der Waals surface area contributed by atoms with Gasteiger partial charge in [0.25, 0.3) is 0 Å². The first-order valence-electron chi connectivity index (χ1n) is 5.86. The minimum absolute atomic E-state index is 0.136. The van der Waals surface area contributed by atoms with Gasteiger partial charge in [0.2, 0.25) is 5.24 Å². The van der Waals surface area contributed by atoms with Crippen LogP contribution in [0.2, 0.25) is 5.02 Å². The van der Waals surface area contributed by atoms with Crippen molar-refractivity contribution in [1.82, 2.24) is 0 Å². The zero-order valence-corrected chi connectivity index (χ0v) is 11.3. The number of carbonyl (C=O) groups is 1. The zero-order chi connectivity index (χ0) is 13.0. The Morgan fingerprint density at radius 3 is 2.78 bits per heavy atom. The number of ether oxygens (including phenoxy) is 2. The summed E-state index contributed by atoms with van der Waals surface area (Å²) in [7, 11) is 0. The summed E-state index contributed by atoms with van der Waals surface area (Å²) >= 11 is 11.3. The minimum atomic E-state index is -0.420. The van der Waals surface area contributed by atoms with Crippen LogP contribution < -0.4 is 4.74 Å². The fourth-order valence-corrected chi connectivity index (χ4v) is 1.87. The first kappa shape index (κ1) is 13.7. The summed E-state index contributed by atoms with van der Waals surface area (Å²) < 4.78 is 11.1. The molecule has 5 heteroatoms. The summed E-state index contributed by atoms with van der Waals surface area (Å²) in [4.78, 5) is 10.9. The van der Waals surface area contributed by atoms with Crippen LogP contribution in [0, 0.1) is 0 Å². The van der Waals surface area contributed by atoms with Gasteiger partial charge in [0.1, 0.15) is 12.4 Å². The van der Waals surface area contributed by atoms with Crippen molar-refractivity contribution in [3.8, 4) is 5.75 Å². The number of rotatable bonds is 7. The molecule has 0 bridgehead atoms. The van der Waals surface area contributed by atoms with Gasteiger partial charge in [-0.25, -0.2) is 0 Å². The predicted octanol–water partition coefficient (Wildman–Crippen LogP) is 3.21. The SMILES string of the molecule is O=C(Cl)Cc1ccc(Cl)cc1OCCOC1CC1. The highest BCUT2D eigenvalue weighted by Gasteiger charge is 2.21. The highest BCUT2D eigenvalue weighted by molar-refractivity contribution is 6.63. The van der Waals surface area contributed by atoms with E-state index in [-0.39, 0.29) is 6.42 Å². The van der Waals surface area contributed by atoms with Crippen molar-refractivity contribution in [3.63, 3.8) is 0 Å². The van der Waals surface area contributed by atoms with Crippen molar-refractivity contribution in [1.29, 1.82) is 0 Å². The largest absolute Gasteiger partial charge is 0.491 e. The molecule has 3 nitrogen and oxygen atoms in total. The first-order chi connectivity index (χ1) is 8.65. The molecule has 1 aliphatic rings. The maximum Gasteiger partial charge on any atom is 0.226 e. The Kier molecular flexibility index (Phi) is 4.87. The molecule has 0 aromatic heterocycles. The summed E-state index contributed by atoms with van der Waals surface area (Å²) in [5.41, 5.74) is 0.742. The second kappa shape index (κ2) is 6.41. The van der Waals surface area contributed by atoms with Gasteiger partial charge in [-0.15, -0.1) is 0 Å². The highest BCUT2D eigenvalue weighted by atomic mass is 35.5. The standard InChI is InChI=1S/C13H14Cl2O3/c14-10-2-1-9(7-13(15)16)12(8-10)18-6-5-17-11-3-4-11/h1-2,8,11H,3-7H2. The number of carbonyl (C=O) groups excluding carboxylic acids is 1. The van der Waals surface area contributed by atoms with E-state index in [1.54, 1.807) is 18.2 Å². The molecule has 18 heavy (non-hydrogen) atoms. The van der Waals surface area contributed by atoms with Crippen LogP contribution in [0.4, 0.5) is 0 Å². The van der Waals surface area contributed by atoms with E-state index >= 15 is 0 Å². The van der Waals surface area contributed by atoms with E-state index in [9.17, 15) is 4.79 Å². The molecule has 0 radical (unpaired) electrons. The Morgan fingerprint density at radius 1 is 1.33 bits per heavy atom. The van der Waals surface area contributed by atoms with Crippen molar-refractivity contribution in [3.05, 3.63) is 28.8 Å². The van der Waals surface area contributed by atoms with Gasteiger partial charge in [-0.1, -0.05) is 17.7 Å². The van der Waals surface area contributed by atoms with Crippen LogP contribution in [-0.2, 0) is 16.0 Å².